The molecule has 144 valence electrons. The monoisotopic (exact) mass is 376 g/mol. The van der Waals surface area contributed by atoms with Gasteiger partial charge in [-0.25, -0.2) is 8.78 Å². The summed E-state index contributed by atoms with van der Waals surface area (Å²) in [5, 5.41) is 5.12. The molecule has 0 aliphatic rings. The van der Waals surface area contributed by atoms with Crippen molar-refractivity contribution in [1.29, 1.82) is 0 Å². The minimum absolute atomic E-state index is 0.320. The molecule has 0 unspecified atom stereocenters. The first kappa shape index (κ1) is 20.4. The van der Waals surface area contributed by atoms with E-state index in [1.165, 1.54) is 7.11 Å². The molecular formula is C20H22F2N2O3. The lowest BCUT2D eigenvalue weighted by molar-refractivity contribution is -0.118. The van der Waals surface area contributed by atoms with Gasteiger partial charge in [0.15, 0.2) is 0 Å². The first-order chi connectivity index (χ1) is 12.7. The van der Waals surface area contributed by atoms with Crippen LogP contribution in [0.2, 0.25) is 0 Å². The third kappa shape index (κ3) is 4.81. The van der Waals surface area contributed by atoms with Crippen LogP contribution in [0.3, 0.4) is 0 Å². The zero-order chi connectivity index (χ0) is 20.1. The standard InChI is InChI=1S/C20H22F2N2O3/c1-11(2)18(24-19(25)17-13(21)6-5-7-14(17)22)20(26)23-15-10-12(3)8-9-16(15)27-4/h5-11,18H,1-4H3,(H,23,26)(H,24,25)/t18-/m0/s1. The molecule has 0 saturated heterocycles. The number of aryl methyl sites for hydroxylation is 1. The Hall–Kier alpha value is -2.96. The number of anilines is 1. The van der Waals surface area contributed by atoms with Crippen LogP contribution >= 0.6 is 0 Å². The predicted molar refractivity (Wildman–Crippen MR) is 98.8 cm³/mol. The summed E-state index contributed by atoms with van der Waals surface area (Å²) in [6.07, 6.45) is 0. The van der Waals surface area contributed by atoms with Gasteiger partial charge in [0.1, 0.15) is 29.0 Å². The van der Waals surface area contributed by atoms with E-state index in [0.29, 0.717) is 11.4 Å². The summed E-state index contributed by atoms with van der Waals surface area (Å²) in [5.74, 6) is -3.34. The maximum absolute atomic E-state index is 13.8. The summed E-state index contributed by atoms with van der Waals surface area (Å²) in [7, 11) is 1.48. The van der Waals surface area contributed by atoms with Gasteiger partial charge in [0, 0.05) is 0 Å². The van der Waals surface area contributed by atoms with E-state index < -0.39 is 35.1 Å². The van der Waals surface area contributed by atoms with Crippen LogP contribution in [-0.2, 0) is 4.79 Å². The van der Waals surface area contributed by atoms with Crippen molar-refractivity contribution in [1.82, 2.24) is 5.32 Å². The molecule has 0 radical (unpaired) electrons. The Bertz CT molecular complexity index is 833. The molecule has 2 N–H and O–H groups in total. The molecule has 5 nitrogen and oxygen atoms in total. The van der Waals surface area contributed by atoms with Gasteiger partial charge < -0.3 is 15.4 Å². The van der Waals surface area contributed by atoms with Crippen molar-refractivity contribution in [3.8, 4) is 5.75 Å². The van der Waals surface area contributed by atoms with E-state index in [0.717, 1.165) is 23.8 Å². The summed E-state index contributed by atoms with van der Waals surface area (Å²) < 4.78 is 32.9. The van der Waals surface area contributed by atoms with Crippen LogP contribution < -0.4 is 15.4 Å². The second kappa shape index (κ2) is 8.62. The highest BCUT2D eigenvalue weighted by Gasteiger charge is 2.27. The van der Waals surface area contributed by atoms with E-state index in [1.807, 2.05) is 13.0 Å². The molecule has 0 fully saturated rings. The maximum Gasteiger partial charge on any atom is 0.257 e. The van der Waals surface area contributed by atoms with E-state index in [-0.39, 0.29) is 5.92 Å². The number of ether oxygens (including phenoxy) is 1. The number of hydrogen-bond donors (Lipinski definition) is 2. The van der Waals surface area contributed by atoms with Gasteiger partial charge in [0.25, 0.3) is 5.91 Å². The third-order valence-electron chi connectivity index (χ3n) is 4.04. The van der Waals surface area contributed by atoms with Crippen molar-refractivity contribution in [2.45, 2.75) is 26.8 Å². The fraction of sp³-hybridized carbons (Fsp3) is 0.300. The van der Waals surface area contributed by atoms with Gasteiger partial charge >= 0.3 is 0 Å². The highest BCUT2D eigenvalue weighted by Crippen LogP contribution is 2.25. The molecule has 0 bridgehead atoms. The molecular weight excluding hydrogens is 354 g/mol. The van der Waals surface area contributed by atoms with Gasteiger partial charge in [-0.3, -0.25) is 9.59 Å². The van der Waals surface area contributed by atoms with E-state index >= 15 is 0 Å². The average Bonchev–Trinajstić information content (AvgIpc) is 2.59. The van der Waals surface area contributed by atoms with Gasteiger partial charge in [-0.1, -0.05) is 26.0 Å². The lowest BCUT2D eigenvalue weighted by atomic mass is 10.0. The second-order valence-electron chi connectivity index (χ2n) is 6.48. The molecule has 27 heavy (non-hydrogen) atoms. The van der Waals surface area contributed by atoms with Crippen molar-refractivity contribution in [3.63, 3.8) is 0 Å². The number of amides is 2. The van der Waals surface area contributed by atoms with Crippen LogP contribution in [0.5, 0.6) is 5.75 Å². The van der Waals surface area contributed by atoms with E-state index in [4.69, 9.17) is 4.74 Å². The Morgan fingerprint density at radius 2 is 1.70 bits per heavy atom. The summed E-state index contributed by atoms with van der Waals surface area (Å²) >= 11 is 0. The first-order valence-electron chi connectivity index (χ1n) is 8.45. The molecule has 0 aromatic heterocycles. The SMILES string of the molecule is COc1ccc(C)cc1NC(=O)[C@@H](NC(=O)c1c(F)cccc1F)C(C)C. The molecule has 2 aromatic rings. The Morgan fingerprint density at radius 1 is 1.07 bits per heavy atom. The number of nitrogens with one attached hydrogen (secondary N) is 2. The number of hydrogen-bond acceptors (Lipinski definition) is 3. The lowest BCUT2D eigenvalue weighted by Crippen LogP contribution is -2.47. The number of carbonyl (C=O) groups is 2. The molecule has 2 rings (SSSR count). The van der Waals surface area contributed by atoms with Crippen molar-refractivity contribution in [2.24, 2.45) is 5.92 Å². The van der Waals surface area contributed by atoms with Crippen LogP contribution in [0, 0.1) is 24.5 Å². The van der Waals surface area contributed by atoms with Crippen molar-refractivity contribution < 1.29 is 23.1 Å². The zero-order valence-corrected chi connectivity index (χ0v) is 15.6. The summed E-state index contributed by atoms with van der Waals surface area (Å²) in [5.41, 5.74) is 0.633. The Balaban J connectivity index is 2.23. The highest BCUT2D eigenvalue weighted by atomic mass is 19.1. The third-order valence-corrected chi connectivity index (χ3v) is 4.04. The number of methoxy groups -OCH3 is 1. The van der Waals surface area contributed by atoms with E-state index in [1.54, 1.807) is 26.0 Å². The molecule has 7 heteroatoms. The number of rotatable bonds is 6. The Morgan fingerprint density at radius 3 is 2.26 bits per heavy atom. The Labute approximate surface area is 156 Å². The van der Waals surface area contributed by atoms with Gasteiger partial charge in [-0.05, 0) is 42.7 Å². The topological polar surface area (TPSA) is 67.4 Å². The first-order valence-corrected chi connectivity index (χ1v) is 8.45. The quantitative estimate of drug-likeness (QED) is 0.808. The van der Waals surface area contributed by atoms with E-state index in [9.17, 15) is 18.4 Å². The number of halogens is 2. The van der Waals surface area contributed by atoms with Crippen molar-refractivity contribution in [2.75, 3.05) is 12.4 Å². The van der Waals surface area contributed by atoms with Crippen LogP contribution in [-0.4, -0.2) is 25.0 Å². The lowest BCUT2D eigenvalue weighted by Gasteiger charge is -2.22. The molecule has 0 aliphatic carbocycles. The van der Waals surface area contributed by atoms with Crippen LogP contribution in [0.25, 0.3) is 0 Å². The molecule has 0 heterocycles. The minimum atomic E-state index is -0.998. The number of benzene rings is 2. The predicted octanol–water partition coefficient (Wildman–Crippen LogP) is 3.67. The summed E-state index contributed by atoms with van der Waals surface area (Å²) in [6.45, 7) is 5.29. The highest BCUT2D eigenvalue weighted by molar-refractivity contribution is 6.02. The minimum Gasteiger partial charge on any atom is -0.495 e. The molecule has 2 amide bonds. The van der Waals surface area contributed by atoms with Crippen molar-refractivity contribution in [3.05, 3.63) is 59.2 Å². The van der Waals surface area contributed by atoms with Gasteiger partial charge in [0.05, 0.1) is 12.8 Å². The molecule has 1 atom stereocenters. The smallest absolute Gasteiger partial charge is 0.257 e. The van der Waals surface area contributed by atoms with Crippen LogP contribution in [0.4, 0.5) is 14.5 Å². The average molecular weight is 376 g/mol. The second-order valence-corrected chi connectivity index (χ2v) is 6.48. The molecule has 0 saturated carbocycles. The molecule has 0 aliphatic heterocycles. The molecule has 2 aromatic carbocycles. The van der Waals surface area contributed by atoms with Gasteiger partial charge in [-0.15, -0.1) is 0 Å². The fourth-order valence-electron chi connectivity index (χ4n) is 2.59. The largest absolute Gasteiger partial charge is 0.495 e. The normalized spacial score (nSPS) is 11.8. The van der Waals surface area contributed by atoms with Crippen LogP contribution in [0.15, 0.2) is 36.4 Å². The summed E-state index contributed by atoms with van der Waals surface area (Å²) in [6, 6.07) is 7.41. The fourth-order valence-corrected chi connectivity index (χ4v) is 2.59. The van der Waals surface area contributed by atoms with E-state index in [2.05, 4.69) is 10.6 Å². The van der Waals surface area contributed by atoms with Crippen molar-refractivity contribution >= 4 is 17.5 Å². The molecule has 0 spiro atoms. The zero-order valence-electron chi connectivity index (χ0n) is 15.6. The Kier molecular flexibility index (Phi) is 6.50. The summed E-state index contributed by atoms with van der Waals surface area (Å²) in [4.78, 5) is 25.0. The maximum atomic E-state index is 13.8. The van der Waals surface area contributed by atoms with Gasteiger partial charge in [-0.2, -0.15) is 0 Å². The van der Waals surface area contributed by atoms with Crippen LogP contribution in [0.1, 0.15) is 29.8 Å². The number of carbonyl (C=O) groups excluding carboxylic acids is 2. The van der Waals surface area contributed by atoms with Gasteiger partial charge in [0.2, 0.25) is 5.91 Å².